The molecule has 1 radical (unpaired) electrons. The molecule has 0 amide bonds. The van der Waals surface area contributed by atoms with Crippen LogP contribution in [0.1, 0.15) is 0 Å². The molecular weight excluding hydrogens is 162 g/mol. The van der Waals surface area contributed by atoms with Crippen LogP contribution in [0.5, 0.6) is 0 Å². The Morgan fingerprint density at radius 3 is 3.00 bits per heavy atom. The Balaban J connectivity index is 2.48. The lowest BCUT2D eigenvalue weighted by Crippen LogP contribution is -1.63. The van der Waals surface area contributed by atoms with Gasteiger partial charge in [-0.05, 0) is 17.5 Å². The van der Waals surface area contributed by atoms with Crippen molar-refractivity contribution in [1.29, 1.82) is 0 Å². The smallest absolute Gasteiger partial charge is 0.133 e. The molecule has 49 valence electrons. The summed E-state index contributed by atoms with van der Waals surface area (Å²) in [5.74, 6) is 0. The van der Waals surface area contributed by atoms with Gasteiger partial charge in [0.15, 0.2) is 0 Å². The van der Waals surface area contributed by atoms with Crippen molar-refractivity contribution in [2.24, 2.45) is 0 Å². The van der Waals surface area contributed by atoms with E-state index in [0.29, 0.717) is 0 Å². The van der Waals surface area contributed by atoms with Gasteiger partial charge in [-0.15, -0.1) is 22.7 Å². The number of hydrogen-bond acceptors (Lipinski definition) is 3. The first-order valence-corrected chi connectivity index (χ1v) is 4.57. The largest absolute Gasteiger partial charge is 0.244 e. The molecule has 3 heteroatoms. The van der Waals surface area contributed by atoms with E-state index in [0.717, 1.165) is 5.01 Å². The maximum absolute atomic E-state index is 4.17. The molecule has 2 heterocycles. The highest BCUT2D eigenvalue weighted by atomic mass is 32.1. The molecule has 0 unspecified atom stereocenters. The summed E-state index contributed by atoms with van der Waals surface area (Å²) in [5.41, 5.74) is 0. The van der Waals surface area contributed by atoms with Crippen molar-refractivity contribution in [1.82, 2.24) is 4.98 Å². The first-order valence-electron chi connectivity index (χ1n) is 2.81. The Hall–Kier alpha value is -0.670. The number of aromatic nitrogens is 1. The lowest BCUT2D eigenvalue weighted by atomic mass is 10.5. The van der Waals surface area contributed by atoms with Crippen LogP contribution in [0.25, 0.3) is 9.88 Å². The summed E-state index contributed by atoms with van der Waals surface area (Å²) in [6, 6.07) is 4.96. The van der Waals surface area contributed by atoms with E-state index in [1.165, 1.54) is 4.88 Å². The molecule has 0 fully saturated rings. The third kappa shape index (κ3) is 0.978. The Morgan fingerprint density at radius 1 is 1.40 bits per heavy atom. The number of thiophene rings is 1. The minimum atomic E-state index is 1.09. The van der Waals surface area contributed by atoms with Crippen molar-refractivity contribution in [2.75, 3.05) is 0 Å². The van der Waals surface area contributed by atoms with E-state index in [-0.39, 0.29) is 0 Å². The van der Waals surface area contributed by atoms with Gasteiger partial charge in [0.1, 0.15) is 5.01 Å². The minimum absolute atomic E-state index is 1.09. The number of nitrogens with zero attached hydrogens (tertiary/aromatic N) is 1. The molecule has 1 nitrogen and oxygen atoms in total. The Labute approximate surface area is 67.0 Å². The second-order valence-electron chi connectivity index (χ2n) is 1.75. The lowest BCUT2D eigenvalue weighted by Gasteiger charge is -1.83. The van der Waals surface area contributed by atoms with E-state index in [2.05, 4.69) is 11.1 Å². The lowest BCUT2D eigenvalue weighted by molar-refractivity contribution is 1.43. The van der Waals surface area contributed by atoms with Gasteiger partial charge in [-0.3, -0.25) is 0 Å². The van der Waals surface area contributed by atoms with Gasteiger partial charge >= 0.3 is 0 Å². The molecule has 0 aliphatic heterocycles. The Morgan fingerprint density at radius 2 is 2.40 bits per heavy atom. The monoisotopic (exact) mass is 166 g/mol. The highest BCUT2D eigenvalue weighted by Crippen LogP contribution is 2.25. The highest BCUT2D eigenvalue weighted by Gasteiger charge is 1.98. The van der Waals surface area contributed by atoms with Gasteiger partial charge in [0.25, 0.3) is 0 Å². The molecule has 2 aromatic rings. The predicted molar refractivity (Wildman–Crippen MR) is 44.3 cm³/mol. The van der Waals surface area contributed by atoms with Gasteiger partial charge in [-0.2, -0.15) is 0 Å². The maximum atomic E-state index is 4.17. The fourth-order valence-electron chi connectivity index (χ4n) is 0.699. The number of rotatable bonds is 1. The van der Waals surface area contributed by atoms with Crippen LogP contribution in [0.3, 0.4) is 0 Å². The number of hydrogen-bond donors (Lipinski definition) is 0. The Bertz CT molecular complexity index is 251. The van der Waals surface area contributed by atoms with Gasteiger partial charge in [0.2, 0.25) is 0 Å². The zero-order chi connectivity index (χ0) is 6.81. The predicted octanol–water partition coefficient (Wildman–Crippen LogP) is 2.67. The van der Waals surface area contributed by atoms with Crippen LogP contribution in [0, 0.1) is 6.07 Å². The van der Waals surface area contributed by atoms with Crippen LogP contribution in [-0.4, -0.2) is 4.98 Å². The molecule has 0 aromatic carbocycles. The molecule has 0 bridgehead atoms. The second kappa shape index (κ2) is 2.52. The highest BCUT2D eigenvalue weighted by molar-refractivity contribution is 7.19. The third-order valence-corrected chi connectivity index (χ3v) is 2.87. The summed E-state index contributed by atoms with van der Waals surface area (Å²) in [6.45, 7) is 0. The van der Waals surface area contributed by atoms with Crippen molar-refractivity contribution in [3.05, 3.63) is 29.1 Å². The Kier molecular flexibility index (Phi) is 1.53. The average Bonchev–Trinajstić information content (AvgIpc) is 2.59. The molecule has 0 spiro atoms. The summed E-state index contributed by atoms with van der Waals surface area (Å²) in [5, 5.41) is 5.01. The van der Waals surface area contributed by atoms with Crippen molar-refractivity contribution < 1.29 is 0 Å². The summed E-state index contributed by atoms with van der Waals surface area (Å²) in [7, 11) is 0. The molecule has 2 aromatic heterocycles. The van der Waals surface area contributed by atoms with Crippen LogP contribution < -0.4 is 0 Å². The van der Waals surface area contributed by atoms with Gasteiger partial charge in [-0.1, -0.05) is 0 Å². The van der Waals surface area contributed by atoms with Crippen molar-refractivity contribution in [2.45, 2.75) is 0 Å². The summed E-state index contributed by atoms with van der Waals surface area (Å²) < 4.78 is 0. The van der Waals surface area contributed by atoms with Crippen molar-refractivity contribution >= 4 is 22.7 Å². The van der Waals surface area contributed by atoms with Gasteiger partial charge in [-0.25, -0.2) is 4.98 Å². The van der Waals surface area contributed by atoms with E-state index in [1.54, 1.807) is 22.7 Å². The van der Waals surface area contributed by atoms with Crippen molar-refractivity contribution in [3.8, 4) is 9.88 Å². The molecule has 0 N–H and O–H groups in total. The molecule has 0 aliphatic rings. The quantitative estimate of drug-likeness (QED) is 0.634. The second-order valence-corrected chi connectivity index (χ2v) is 3.55. The van der Waals surface area contributed by atoms with Gasteiger partial charge in [0.05, 0.1) is 4.88 Å². The van der Waals surface area contributed by atoms with E-state index in [1.807, 2.05) is 23.0 Å². The van der Waals surface area contributed by atoms with E-state index >= 15 is 0 Å². The van der Waals surface area contributed by atoms with Crippen LogP contribution in [0.2, 0.25) is 0 Å². The SMILES string of the molecule is [c]1csc(-c2nccs2)c1. The average molecular weight is 166 g/mol. The molecule has 0 saturated carbocycles. The standard InChI is InChI=1S/C7H4NS2/c1-2-6(9-4-1)7-8-3-5-10-7/h2-5H. The zero-order valence-electron chi connectivity index (χ0n) is 5.07. The molecular formula is C7H4NS2. The maximum Gasteiger partial charge on any atom is 0.133 e. The van der Waals surface area contributed by atoms with Gasteiger partial charge in [0, 0.05) is 11.6 Å². The molecule has 0 saturated heterocycles. The fraction of sp³-hybridized carbons (Fsp3) is 0. The van der Waals surface area contributed by atoms with Crippen LogP contribution >= 0.6 is 22.7 Å². The zero-order valence-corrected chi connectivity index (χ0v) is 6.71. The minimum Gasteiger partial charge on any atom is -0.244 e. The third-order valence-electron chi connectivity index (χ3n) is 1.11. The first-order chi connectivity index (χ1) is 4.97. The first kappa shape index (κ1) is 6.07. The molecule has 10 heavy (non-hydrogen) atoms. The van der Waals surface area contributed by atoms with Crippen LogP contribution in [-0.2, 0) is 0 Å². The topological polar surface area (TPSA) is 12.9 Å². The van der Waals surface area contributed by atoms with Crippen molar-refractivity contribution in [3.63, 3.8) is 0 Å². The summed E-state index contributed by atoms with van der Waals surface area (Å²) in [6.07, 6.45) is 1.82. The van der Waals surface area contributed by atoms with Gasteiger partial charge < -0.3 is 0 Å². The normalized spacial score (nSPS) is 10.0. The number of thiazole rings is 1. The fourth-order valence-corrected chi connectivity index (χ4v) is 2.09. The van der Waals surface area contributed by atoms with Crippen LogP contribution in [0.15, 0.2) is 23.0 Å². The van der Waals surface area contributed by atoms with E-state index in [9.17, 15) is 0 Å². The molecule has 0 atom stereocenters. The molecule has 0 aliphatic carbocycles. The van der Waals surface area contributed by atoms with E-state index in [4.69, 9.17) is 0 Å². The van der Waals surface area contributed by atoms with E-state index < -0.39 is 0 Å². The molecule has 2 rings (SSSR count). The van der Waals surface area contributed by atoms with Crippen LogP contribution in [0.4, 0.5) is 0 Å². The summed E-state index contributed by atoms with van der Waals surface area (Å²) >= 11 is 3.33. The summed E-state index contributed by atoms with van der Waals surface area (Å²) in [4.78, 5) is 5.37.